The fourth-order valence-corrected chi connectivity index (χ4v) is 3.33. The summed E-state index contributed by atoms with van der Waals surface area (Å²) in [6.45, 7) is 0. The van der Waals surface area contributed by atoms with Gasteiger partial charge < -0.3 is 11.6 Å². The molecule has 0 fully saturated rings. The summed E-state index contributed by atoms with van der Waals surface area (Å²) < 4.78 is 1.07. The number of hydrogen-bond donors (Lipinski definition) is 2. The van der Waals surface area contributed by atoms with Crippen LogP contribution in [0.4, 0.5) is 5.69 Å². The molecule has 0 amide bonds. The second-order valence-corrected chi connectivity index (χ2v) is 6.90. The maximum Gasteiger partial charge on any atom is 0.269 e. The molecule has 4 N–H and O–H groups in total. The van der Waals surface area contributed by atoms with E-state index in [2.05, 4.69) is 0 Å². The summed E-state index contributed by atoms with van der Waals surface area (Å²) in [6.07, 6.45) is 0. The third-order valence-corrected chi connectivity index (χ3v) is 4.87. The van der Waals surface area contributed by atoms with Gasteiger partial charge in [-0.2, -0.15) is 0 Å². The lowest BCUT2D eigenvalue weighted by Gasteiger charge is -2.12. The highest BCUT2D eigenvalue weighted by atomic mass is 35.5. The van der Waals surface area contributed by atoms with Gasteiger partial charge in [-0.05, 0) is 65.7 Å². The van der Waals surface area contributed by atoms with E-state index in [1.807, 2.05) is 12.1 Å². The van der Waals surface area contributed by atoms with Crippen molar-refractivity contribution in [2.45, 2.75) is 0 Å². The van der Waals surface area contributed by atoms with Gasteiger partial charge >= 0.3 is 0 Å². The summed E-state index contributed by atoms with van der Waals surface area (Å²) in [7, 11) is 0. The van der Waals surface area contributed by atoms with E-state index >= 15 is 0 Å². The number of carbonyl (C=O) groups is 1. The van der Waals surface area contributed by atoms with E-state index in [0.717, 1.165) is 10.2 Å². The highest BCUT2D eigenvalue weighted by molar-refractivity contribution is 6.30. The van der Waals surface area contributed by atoms with E-state index in [4.69, 9.17) is 23.2 Å². The first-order chi connectivity index (χ1) is 13.4. The molecule has 0 aliphatic carbocycles. The Bertz CT molecular complexity index is 1280. The molecule has 4 rings (SSSR count). The number of nitrogens with zero attached hydrogens (tertiary/aromatic N) is 1. The molecular weight excluding hydrogens is 374 g/mol. The van der Waals surface area contributed by atoms with Crippen LogP contribution in [-0.4, -0.2) is 10.5 Å². The molecule has 0 aliphatic rings. The van der Waals surface area contributed by atoms with Crippen molar-refractivity contribution in [3.8, 4) is 11.1 Å². The van der Waals surface area contributed by atoms with Gasteiger partial charge in [0.25, 0.3) is 5.56 Å². The molecule has 138 valence electrons. The van der Waals surface area contributed by atoms with Crippen molar-refractivity contribution >= 4 is 34.0 Å². The van der Waals surface area contributed by atoms with Crippen molar-refractivity contribution in [1.29, 1.82) is 0 Å². The highest BCUT2D eigenvalue weighted by Gasteiger charge is 2.14. The van der Waals surface area contributed by atoms with Crippen LogP contribution in [0.1, 0.15) is 15.9 Å². The predicted octanol–water partition coefficient (Wildman–Crippen LogP) is 3.85. The van der Waals surface area contributed by atoms with E-state index < -0.39 is 0 Å². The lowest BCUT2D eigenvalue weighted by molar-refractivity contribution is 0.103. The van der Waals surface area contributed by atoms with Crippen LogP contribution in [0, 0.1) is 0 Å². The Morgan fingerprint density at radius 2 is 1.61 bits per heavy atom. The van der Waals surface area contributed by atoms with Gasteiger partial charge in [-0.1, -0.05) is 23.7 Å². The molecular formula is C22H16ClN3O2. The standard InChI is InChI=1S/C22H16ClN3O2/c23-16-7-4-13(5-8-16)22(28)15-6-9-20-19(11-15)18(12-21(27)26(20)25)14-2-1-3-17(24)10-14/h1-12H,24-25H2. The maximum atomic E-state index is 12.9. The summed E-state index contributed by atoms with van der Waals surface area (Å²) >= 11 is 5.91. The first-order valence-electron chi connectivity index (χ1n) is 8.55. The summed E-state index contributed by atoms with van der Waals surface area (Å²) in [5, 5.41) is 1.25. The van der Waals surface area contributed by atoms with E-state index in [9.17, 15) is 9.59 Å². The topological polar surface area (TPSA) is 91.1 Å². The number of nitrogens with two attached hydrogens (primary N) is 2. The van der Waals surface area contributed by atoms with Gasteiger partial charge in [0.2, 0.25) is 0 Å². The monoisotopic (exact) mass is 389 g/mol. The molecule has 0 radical (unpaired) electrons. The Morgan fingerprint density at radius 3 is 2.32 bits per heavy atom. The number of nitrogen functional groups attached to an aromatic ring is 2. The zero-order chi connectivity index (χ0) is 19.8. The smallest absolute Gasteiger partial charge is 0.269 e. The molecule has 1 heterocycles. The number of hydrogen-bond acceptors (Lipinski definition) is 4. The second kappa shape index (κ2) is 6.87. The number of pyridine rings is 1. The molecule has 6 heteroatoms. The molecule has 28 heavy (non-hydrogen) atoms. The summed E-state index contributed by atoms with van der Waals surface area (Å²) in [6, 6.07) is 20.5. The zero-order valence-corrected chi connectivity index (χ0v) is 15.5. The SMILES string of the molecule is Nc1cccc(-c2cc(=O)n(N)c3ccc(C(=O)c4ccc(Cl)cc4)cc23)c1. The molecule has 0 saturated heterocycles. The number of carbonyl (C=O) groups excluding carboxylic acids is 1. The minimum absolute atomic E-state index is 0.146. The Morgan fingerprint density at radius 1 is 0.893 bits per heavy atom. The van der Waals surface area contributed by atoms with Crippen molar-refractivity contribution in [3.63, 3.8) is 0 Å². The van der Waals surface area contributed by atoms with Gasteiger partial charge in [0, 0.05) is 33.3 Å². The Kier molecular flexibility index (Phi) is 4.37. The molecule has 5 nitrogen and oxygen atoms in total. The first-order valence-corrected chi connectivity index (χ1v) is 8.93. The quantitative estimate of drug-likeness (QED) is 0.316. The van der Waals surface area contributed by atoms with Crippen molar-refractivity contribution < 1.29 is 4.79 Å². The average molecular weight is 390 g/mol. The number of aromatic nitrogens is 1. The minimum Gasteiger partial charge on any atom is -0.399 e. The molecule has 0 spiro atoms. The van der Waals surface area contributed by atoms with Crippen LogP contribution in [0.5, 0.6) is 0 Å². The van der Waals surface area contributed by atoms with Crippen LogP contribution in [0.3, 0.4) is 0 Å². The summed E-state index contributed by atoms with van der Waals surface area (Å²) in [5.74, 6) is 5.78. The normalized spacial score (nSPS) is 10.9. The van der Waals surface area contributed by atoms with E-state index in [-0.39, 0.29) is 11.3 Å². The molecule has 4 aromatic rings. The van der Waals surface area contributed by atoms with Gasteiger partial charge in [-0.25, -0.2) is 4.68 Å². The molecule has 3 aromatic carbocycles. The number of anilines is 1. The number of ketones is 1. The van der Waals surface area contributed by atoms with Gasteiger partial charge in [-0.15, -0.1) is 0 Å². The average Bonchev–Trinajstić information content (AvgIpc) is 2.70. The summed E-state index contributed by atoms with van der Waals surface area (Å²) in [5.41, 5.74) is 9.11. The molecule has 0 saturated carbocycles. The van der Waals surface area contributed by atoms with Gasteiger partial charge in [0.15, 0.2) is 5.78 Å². The van der Waals surface area contributed by atoms with Crippen molar-refractivity contribution in [2.75, 3.05) is 11.6 Å². The van der Waals surface area contributed by atoms with E-state index in [1.165, 1.54) is 6.07 Å². The molecule has 0 atom stereocenters. The summed E-state index contributed by atoms with van der Waals surface area (Å²) in [4.78, 5) is 25.2. The van der Waals surface area contributed by atoms with Crippen LogP contribution in [-0.2, 0) is 0 Å². The molecule has 1 aromatic heterocycles. The van der Waals surface area contributed by atoms with Crippen molar-refractivity contribution in [1.82, 2.24) is 4.68 Å². The van der Waals surface area contributed by atoms with Gasteiger partial charge in [0.1, 0.15) is 0 Å². The number of fused-ring (bicyclic) bond motifs is 1. The fraction of sp³-hybridized carbons (Fsp3) is 0. The third kappa shape index (κ3) is 3.12. The minimum atomic E-state index is -0.346. The second-order valence-electron chi connectivity index (χ2n) is 6.46. The predicted molar refractivity (Wildman–Crippen MR) is 113 cm³/mol. The van der Waals surface area contributed by atoms with Crippen LogP contribution >= 0.6 is 11.6 Å². The van der Waals surface area contributed by atoms with Crippen LogP contribution < -0.4 is 17.1 Å². The Hall–Kier alpha value is -3.57. The lowest BCUT2D eigenvalue weighted by Crippen LogP contribution is -2.27. The van der Waals surface area contributed by atoms with Crippen molar-refractivity contribution in [3.05, 3.63) is 99.3 Å². The van der Waals surface area contributed by atoms with Crippen LogP contribution in [0.25, 0.3) is 22.0 Å². The first kappa shape index (κ1) is 17.8. The molecule has 0 unspecified atom stereocenters. The fourth-order valence-electron chi connectivity index (χ4n) is 3.21. The van der Waals surface area contributed by atoms with Gasteiger partial charge in [-0.3, -0.25) is 9.59 Å². The van der Waals surface area contributed by atoms with Crippen LogP contribution in [0.2, 0.25) is 5.02 Å². The molecule has 0 aliphatic heterocycles. The Labute approximate surface area is 165 Å². The molecule has 0 bridgehead atoms. The maximum absolute atomic E-state index is 12.9. The Balaban J connectivity index is 1.94. The largest absolute Gasteiger partial charge is 0.399 e. The number of benzene rings is 3. The van der Waals surface area contributed by atoms with E-state index in [1.54, 1.807) is 54.6 Å². The van der Waals surface area contributed by atoms with E-state index in [0.29, 0.717) is 38.3 Å². The lowest BCUT2D eigenvalue weighted by atomic mass is 9.96. The number of halogens is 1. The zero-order valence-electron chi connectivity index (χ0n) is 14.7. The van der Waals surface area contributed by atoms with Crippen molar-refractivity contribution in [2.24, 2.45) is 0 Å². The van der Waals surface area contributed by atoms with Gasteiger partial charge in [0.05, 0.1) is 5.52 Å². The highest BCUT2D eigenvalue weighted by Crippen LogP contribution is 2.29. The van der Waals surface area contributed by atoms with Crippen LogP contribution in [0.15, 0.2) is 77.6 Å². The number of rotatable bonds is 3. The third-order valence-electron chi connectivity index (χ3n) is 4.62.